The molecular formula is C22H19FN2O3. The average molecular weight is 378 g/mol. The second-order valence-electron chi connectivity index (χ2n) is 5.88. The average Bonchev–Trinajstić information content (AvgIpc) is 2.74. The van der Waals surface area contributed by atoms with Crippen molar-refractivity contribution in [2.75, 3.05) is 19.1 Å². The molecule has 0 spiro atoms. The van der Waals surface area contributed by atoms with E-state index in [1.165, 1.54) is 29.3 Å². The quantitative estimate of drug-likeness (QED) is 0.584. The number of carbonyl (C=O) groups excluding carboxylic acids is 1. The molecule has 1 heterocycles. The molecule has 3 rings (SSSR count). The summed E-state index contributed by atoms with van der Waals surface area (Å²) in [5.74, 6) is 0.327. The predicted molar refractivity (Wildman–Crippen MR) is 106 cm³/mol. The number of hydrogen-bond donors (Lipinski definition) is 0. The van der Waals surface area contributed by atoms with Gasteiger partial charge in [-0.25, -0.2) is 4.39 Å². The van der Waals surface area contributed by atoms with Crippen LogP contribution in [0.5, 0.6) is 17.2 Å². The Labute approximate surface area is 162 Å². The van der Waals surface area contributed by atoms with E-state index in [-0.39, 0.29) is 11.7 Å². The number of ether oxygens (including phenoxy) is 2. The van der Waals surface area contributed by atoms with Crippen LogP contribution in [0.3, 0.4) is 0 Å². The first-order valence-electron chi connectivity index (χ1n) is 8.54. The van der Waals surface area contributed by atoms with Crippen molar-refractivity contribution in [2.24, 2.45) is 0 Å². The minimum absolute atomic E-state index is 0.0858. The molecule has 0 aliphatic heterocycles. The van der Waals surface area contributed by atoms with Gasteiger partial charge in [0.25, 0.3) is 5.91 Å². The number of benzene rings is 2. The molecule has 2 aromatic carbocycles. The van der Waals surface area contributed by atoms with Crippen LogP contribution in [-0.2, 0) is 4.79 Å². The summed E-state index contributed by atoms with van der Waals surface area (Å²) in [6, 6.07) is 15.1. The van der Waals surface area contributed by atoms with Crippen LogP contribution < -0.4 is 14.4 Å². The van der Waals surface area contributed by atoms with Crippen molar-refractivity contribution in [1.82, 2.24) is 4.98 Å². The molecule has 0 unspecified atom stereocenters. The fraction of sp³-hybridized carbons (Fsp3) is 0.0909. The summed E-state index contributed by atoms with van der Waals surface area (Å²) < 4.78 is 25.0. The van der Waals surface area contributed by atoms with Crippen LogP contribution >= 0.6 is 0 Å². The van der Waals surface area contributed by atoms with E-state index in [0.29, 0.717) is 22.7 Å². The first-order chi connectivity index (χ1) is 13.6. The summed E-state index contributed by atoms with van der Waals surface area (Å²) in [4.78, 5) is 17.8. The molecule has 1 aromatic heterocycles. The number of methoxy groups -OCH3 is 1. The van der Waals surface area contributed by atoms with Gasteiger partial charge in [0.15, 0.2) is 11.6 Å². The normalized spacial score (nSPS) is 10.7. The fourth-order valence-electron chi connectivity index (χ4n) is 2.54. The number of aromatic nitrogens is 1. The Hall–Kier alpha value is -3.67. The van der Waals surface area contributed by atoms with Crippen LogP contribution in [0.4, 0.5) is 10.1 Å². The van der Waals surface area contributed by atoms with Crippen molar-refractivity contribution >= 4 is 17.7 Å². The van der Waals surface area contributed by atoms with Crippen LogP contribution in [0.2, 0.25) is 0 Å². The van der Waals surface area contributed by atoms with E-state index in [9.17, 15) is 9.18 Å². The number of para-hydroxylation sites is 2. The maximum atomic E-state index is 14.3. The minimum Gasteiger partial charge on any atom is -0.495 e. The lowest BCUT2D eigenvalue weighted by Gasteiger charge is -2.18. The highest BCUT2D eigenvalue weighted by atomic mass is 19.1. The van der Waals surface area contributed by atoms with Crippen LogP contribution in [0.1, 0.15) is 5.56 Å². The third kappa shape index (κ3) is 4.54. The van der Waals surface area contributed by atoms with E-state index in [2.05, 4.69) is 4.98 Å². The molecule has 142 valence electrons. The number of nitrogens with zero attached hydrogens (tertiary/aromatic N) is 2. The van der Waals surface area contributed by atoms with Gasteiger partial charge in [-0.1, -0.05) is 18.2 Å². The van der Waals surface area contributed by atoms with Crippen molar-refractivity contribution in [3.8, 4) is 17.2 Å². The molecule has 5 nitrogen and oxygen atoms in total. The molecule has 0 atom stereocenters. The van der Waals surface area contributed by atoms with Crippen LogP contribution in [-0.4, -0.2) is 25.0 Å². The first-order valence-corrected chi connectivity index (χ1v) is 8.54. The topological polar surface area (TPSA) is 51.7 Å². The highest BCUT2D eigenvalue weighted by Gasteiger charge is 2.12. The zero-order chi connectivity index (χ0) is 19.9. The van der Waals surface area contributed by atoms with Crippen molar-refractivity contribution in [1.29, 1.82) is 0 Å². The number of halogens is 1. The predicted octanol–water partition coefficient (Wildman–Crippen LogP) is 4.70. The Balaban J connectivity index is 1.71. The van der Waals surface area contributed by atoms with Gasteiger partial charge in [-0.05, 0) is 48.0 Å². The van der Waals surface area contributed by atoms with E-state index in [4.69, 9.17) is 9.47 Å². The fourth-order valence-corrected chi connectivity index (χ4v) is 2.54. The third-order valence-electron chi connectivity index (χ3n) is 4.01. The van der Waals surface area contributed by atoms with Gasteiger partial charge in [-0.2, -0.15) is 0 Å². The van der Waals surface area contributed by atoms with Gasteiger partial charge >= 0.3 is 0 Å². The zero-order valence-corrected chi connectivity index (χ0v) is 15.5. The van der Waals surface area contributed by atoms with Crippen molar-refractivity contribution in [3.63, 3.8) is 0 Å². The zero-order valence-electron chi connectivity index (χ0n) is 15.5. The summed E-state index contributed by atoms with van der Waals surface area (Å²) >= 11 is 0. The van der Waals surface area contributed by atoms with Gasteiger partial charge in [0.2, 0.25) is 0 Å². The summed E-state index contributed by atoms with van der Waals surface area (Å²) in [6.07, 6.45) is 6.03. The smallest absolute Gasteiger partial charge is 0.250 e. The van der Waals surface area contributed by atoms with Crippen molar-refractivity contribution < 1.29 is 18.7 Å². The molecule has 1 amide bonds. The van der Waals surface area contributed by atoms with Gasteiger partial charge in [-0.15, -0.1) is 0 Å². The molecule has 28 heavy (non-hydrogen) atoms. The molecule has 0 fully saturated rings. The van der Waals surface area contributed by atoms with E-state index < -0.39 is 5.82 Å². The lowest BCUT2D eigenvalue weighted by Crippen LogP contribution is -2.24. The van der Waals surface area contributed by atoms with E-state index >= 15 is 0 Å². The number of hydrogen-bond acceptors (Lipinski definition) is 4. The van der Waals surface area contributed by atoms with E-state index in [1.54, 1.807) is 56.8 Å². The lowest BCUT2D eigenvalue weighted by molar-refractivity contribution is -0.113. The molecule has 0 N–H and O–H groups in total. The largest absolute Gasteiger partial charge is 0.495 e. The molecule has 0 aliphatic rings. The molecule has 0 aliphatic carbocycles. The Bertz CT molecular complexity index is 990. The minimum atomic E-state index is -0.531. The van der Waals surface area contributed by atoms with Crippen LogP contribution in [0.25, 0.3) is 6.08 Å². The van der Waals surface area contributed by atoms with E-state index in [0.717, 1.165) is 0 Å². The third-order valence-corrected chi connectivity index (χ3v) is 4.01. The SMILES string of the molecule is COc1ccccc1N(C)C(=O)/C=C/c1ccc(Oc2cccnc2)c(F)c1. The van der Waals surface area contributed by atoms with Gasteiger partial charge in [0, 0.05) is 19.3 Å². The molecular weight excluding hydrogens is 359 g/mol. The Morgan fingerprint density at radius 1 is 1.11 bits per heavy atom. The number of likely N-dealkylation sites (N-methyl/N-ethyl adjacent to an activating group) is 1. The molecule has 0 radical (unpaired) electrons. The standard InChI is InChI=1S/C22H19FN2O3/c1-25(19-7-3-4-8-21(19)27-2)22(26)12-10-16-9-11-20(18(23)14-16)28-17-6-5-13-24-15-17/h3-15H,1-2H3/b12-10+. The van der Waals surface area contributed by atoms with Crippen molar-refractivity contribution in [2.45, 2.75) is 0 Å². The summed E-state index contributed by atoms with van der Waals surface area (Å²) in [7, 11) is 3.20. The number of rotatable bonds is 6. The lowest BCUT2D eigenvalue weighted by atomic mass is 10.2. The maximum absolute atomic E-state index is 14.3. The molecule has 0 saturated heterocycles. The highest BCUT2D eigenvalue weighted by Crippen LogP contribution is 2.27. The second-order valence-corrected chi connectivity index (χ2v) is 5.88. The van der Waals surface area contributed by atoms with Crippen LogP contribution in [0, 0.1) is 5.82 Å². The van der Waals surface area contributed by atoms with Gasteiger partial charge < -0.3 is 14.4 Å². The number of amides is 1. The van der Waals surface area contributed by atoms with Gasteiger partial charge in [0.1, 0.15) is 11.5 Å². The van der Waals surface area contributed by atoms with Crippen LogP contribution in [0.15, 0.2) is 73.1 Å². The Morgan fingerprint density at radius 3 is 2.64 bits per heavy atom. The molecule has 0 saturated carbocycles. The van der Waals surface area contributed by atoms with E-state index in [1.807, 2.05) is 12.1 Å². The molecule has 6 heteroatoms. The summed E-state index contributed by atoms with van der Waals surface area (Å²) in [6.45, 7) is 0. The highest BCUT2D eigenvalue weighted by molar-refractivity contribution is 6.04. The number of pyridine rings is 1. The monoisotopic (exact) mass is 378 g/mol. The second kappa shape index (κ2) is 8.81. The number of carbonyl (C=O) groups is 1. The summed E-state index contributed by atoms with van der Waals surface area (Å²) in [5, 5.41) is 0. The maximum Gasteiger partial charge on any atom is 0.250 e. The summed E-state index contributed by atoms with van der Waals surface area (Å²) in [5.41, 5.74) is 1.18. The van der Waals surface area contributed by atoms with Gasteiger partial charge in [-0.3, -0.25) is 9.78 Å². The molecule has 3 aromatic rings. The molecule has 0 bridgehead atoms. The first kappa shape index (κ1) is 19.1. The van der Waals surface area contributed by atoms with Gasteiger partial charge in [0.05, 0.1) is 19.0 Å². The number of anilines is 1. The van der Waals surface area contributed by atoms with Crippen molar-refractivity contribution in [3.05, 3.63) is 84.4 Å². The Morgan fingerprint density at radius 2 is 1.93 bits per heavy atom. The Kier molecular flexibility index (Phi) is 6.01.